The largest absolute Gasteiger partial charge is 0.310 e. The van der Waals surface area contributed by atoms with Gasteiger partial charge >= 0.3 is 0 Å². The summed E-state index contributed by atoms with van der Waals surface area (Å²) in [5.74, 6) is 0.702. The smallest absolute Gasteiger partial charge is 0.232 e. The van der Waals surface area contributed by atoms with Gasteiger partial charge in [0.2, 0.25) is 5.91 Å². The van der Waals surface area contributed by atoms with E-state index in [1.165, 1.54) is 0 Å². The molecule has 2 heterocycles. The molecule has 1 amide bonds. The number of amides is 1. The topological polar surface area (TPSA) is 71.4 Å². The standard InChI is InChI=1S/C13H14BrN3O2/c14-9-5-8-6-13(3-1-10(17-19)2-4-13)12(18)16-11(8)15-7-9/h5,7,10H,1-4,6H2,(H,15,16,18). The number of hydrogen-bond acceptors (Lipinski definition) is 4. The number of fused-ring (bicyclic) bond motifs is 1. The monoisotopic (exact) mass is 323 g/mol. The second-order valence-electron chi connectivity index (χ2n) is 5.41. The van der Waals surface area contributed by atoms with Crippen LogP contribution in [0.15, 0.2) is 21.9 Å². The first-order valence-electron chi connectivity index (χ1n) is 6.41. The Morgan fingerprint density at radius 1 is 1.42 bits per heavy atom. The van der Waals surface area contributed by atoms with Crippen molar-refractivity contribution in [2.24, 2.45) is 10.6 Å². The van der Waals surface area contributed by atoms with Gasteiger partial charge in [0, 0.05) is 10.7 Å². The van der Waals surface area contributed by atoms with E-state index in [0.29, 0.717) is 25.1 Å². The van der Waals surface area contributed by atoms with Crippen LogP contribution in [-0.2, 0) is 11.2 Å². The minimum absolute atomic E-state index is 0.0409. The zero-order chi connectivity index (χ0) is 13.5. The van der Waals surface area contributed by atoms with Crippen LogP contribution in [0.1, 0.15) is 31.2 Å². The Morgan fingerprint density at radius 2 is 2.16 bits per heavy atom. The Labute approximate surface area is 119 Å². The predicted molar refractivity (Wildman–Crippen MR) is 74.8 cm³/mol. The molecule has 100 valence electrons. The third-order valence-electron chi connectivity index (χ3n) is 4.24. The van der Waals surface area contributed by atoms with Crippen LogP contribution in [-0.4, -0.2) is 16.9 Å². The summed E-state index contributed by atoms with van der Waals surface area (Å²) >= 11 is 3.41. The summed E-state index contributed by atoms with van der Waals surface area (Å²) in [6.07, 6.45) is 5.24. The zero-order valence-electron chi connectivity index (χ0n) is 10.4. The van der Waals surface area contributed by atoms with Gasteiger partial charge in [-0.15, -0.1) is 0 Å². The van der Waals surface area contributed by atoms with Crippen molar-refractivity contribution in [2.45, 2.75) is 38.1 Å². The molecule has 0 bridgehead atoms. The van der Waals surface area contributed by atoms with Gasteiger partial charge in [0.15, 0.2) is 0 Å². The molecule has 1 aliphatic heterocycles. The Balaban J connectivity index is 1.89. The lowest BCUT2D eigenvalue weighted by atomic mass is 9.67. The van der Waals surface area contributed by atoms with Crippen molar-refractivity contribution >= 4 is 27.7 Å². The number of aromatic nitrogens is 1. The number of rotatable bonds is 1. The molecule has 0 unspecified atom stereocenters. The van der Waals surface area contributed by atoms with Gasteiger partial charge in [-0.05, 0) is 59.7 Å². The highest BCUT2D eigenvalue weighted by Crippen LogP contribution is 2.44. The third-order valence-corrected chi connectivity index (χ3v) is 4.67. The fourth-order valence-electron chi connectivity index (χ4n) is 3.08. The quantitative estimate of drug-likeness (QED) is 0.807. The maximum Gasteiger partial charge on any atom is 0.232 e. The minimum atomic E-state index is -0.378. The molecule has 1 aromatic heterocycles. The molecule has 1 fully saturated rings. The summed E-state index contributed by atoms with van der Waals surface area (Å²) < 4.78 is 0.917. The van der Waals surface area contributed by atoms with Gasteiger partial charge in [0.25, 0.3) is 0 Å². The van der Waals surface area contributed by atoms with Crippen LogP contribution < -0.4 is 5.32 Å². The Morgan fingerprint density at radius 3 is 2.84 bits per heavy atom. The zero-order valence-corrected chi connectivity index (χ0v) is 11.9. The maximum absolute atomic E-state index is 12.3. The van der Waals surface area contributed by atoms with Gasteiger partial charge in [-0.25, -0.2) is 4.98 Å². The molecule has 1 aliphatic carbocycles. The SMILES string of the molecule is O=NC1CCC2(CC1)Cc1cc(Br)cnc1NC2=O. The number of carbonyl (C=O) groups is 1. The van der Waals surface area contributed by atoms with E-state index in [1.54, 1.807) is 6.20 Å². The summed E-state index contributed by atoms with van der Waals surface area (Å²) in [5, 5.41) is 6.01. The van der Waals surface area contributed by atoms with Crippen LogP contribution in [0.2, 0.25) is 0 Å². The number of pyridine rings is 1. The molecule has 0 atom stereocenters. The highest BCUT2D eigenvalue weighted by molar-refractivity contribution is 9.10. The first-order chi connectivity index (χ1) is 9.13. The second-order valence-corrected chi connectivity index (χ2v) is 6.32. The number of carbonyl (C=O) groups excluding carboxylic acids is 1. The van der Waals surface area contributed by atoms with E-state index in [-0.39, 0.29) is 17.4 Å². The maximum atomic E-state index is 12.3. The Hall–Kier alpha value is -1.30. The number of nitrogens with one attached hydrogen (secondary N) is 1. The van der Waals surface area contributed by atoms with Crippen molar-refractivity contribution < 1.29 is 4.79 Å². The third kappa shape index (κ3) is 2.18. The molecule has 0 radical (unpaired) electrons. The van der Waals surface area contributed by atoms with Gasteiger partial charge in [-0.1, -0.05) is 5.18 Å². The number of anilines is 1. The van der Waals surface area contributed by atoms with E-state index in [0.717, 1.165) is 22.9 Å². The van der Waals surface area contributed by atoms with Gasteiger partial charge in [-0.2, -0.15) is 4.91 Å². The summed E-state index contributed by atoms with van der Waals surface area (Å²) in [7, 11) is 0. The average molecular weight is 324 g/mol. The molecule has 1 N–H and O–H groups in total. The fourth-order valence-corrected chi connectivity index (χ4v) is 3.46. The number of nitrogens with zero attached hydrogens (tertiary/aromatic N) is 2. The first kappa shape index (κ1) is 12.7. The van der Waals surface area contributed by atoms with Gasteiger partial charge in [0.05, 0.1) is 11.5 Å². The molecule has 0 saturated heterocycles. The second kappa shape index (κ2) is 4.67. The minimum Gasteiger partial charge on any atom is -0.310 e. The van der Waals surface area contributed by atoms with E-state index < -0.39 is 0 Å². The van der Waals surface area contributed by atoms with Crippen LogP contribution in [0.4, 0.5) is 5.82 Å². The lowest BCUT2D eigenvalue weighted by Crippen LogP contribution is -2.45. The summed E-state index contributed by atoms with van der Waals surface area (Å²) in [5.41, 5.74) is 0.683. The van der Waals surface area contributed by atoms with Crippen LogP contribution in [0.5, 0.6) is 0 Å². The molecule has 19 heavy (non-hydrogen) atoms. The van der Waals surface area contributed by atoms with Gasteiger partial charge < -0.3 is 5.32 Å². The molecule has 6 heteroatoms. The number of hydrogen-bond donors (Lipinski definition) is 1. The summed E-state index contributed by atoms with van der Waals surface area (Å²) in [6, 6.07) is 1.88. The van der Waals surface area contributed by atoms with E-state index in [9.17, 15) is 9.70 Å². The van der Waals surface area contributed by atoms with Gasteiger partial charge in [-0.3, -0.25) is 4.79 Å². The lowest BCUT2D eigenvalue weighted by molar-refractivity contribution is -0.128. The lowest BCUT2D eigenvalue weighted by Gasteiger charge is -2.40. The Bertz CT molecular complexity index is 539. The average Bonchev–Trinajstić information content (AvgIpc) is 2.41. The van der Waals surface area contributed by atoms with Crippen molar-refractivity contribution in [3.05, 3.63) is 27.2 Å². The highest BCUT2D eigenvalue weighted by Gasteiger charge is 2.45. The van der Waals surface area contributed by atoms with Crippen molar-refractivity contribution in [1.29, 1.82) is 0 Å². The molecule has 2 aliphatic rings. The van der Waals surface area contributed by atoms with Gasteiger partial charge in [0.1, 0.15) is 5.82 Å². The molecular formula is C13H14BrN3O2. The normalized spacial score (nSPS) is 29.7. The highest BCUT2D eigenvalue weighted by atomic mass is 79.9. The first-order valence-corrected chi connectivity index (χ1v) is 7.21. The molecule has 3 rings (SSSR count). The van der Waals surface area contributed by atoms with Crippen LogP contribution >= 0.6 is 15.9 Å². The molecule has 1 spiro atoms. The molecule has 1 saturated carbocycles. The molecular weight excluding hydrogens is 310 g/mol. The molecule has 5 nitrogen and oxygen atoms in total. The predicted octanol–water partition coefficient (Wildman–Crippen LogP) is 3.03. The van der Waals surface area contributed by atoms with E-state index in [1.807, 2.05) is 6.07 Å². The van der Waals surface area contributed by atoms with Crippen LogP contribution in [0.3, 0.4) is 0 Å². The van der Waals surface area contributed by atoms with Crippen LogP contribution in [0, 0.1) is 10.3 Å². The van der Waals surface area contributed by atoms with Crippen molar-refractivity contribution in [1.82, 2.24) is 4.98 Å². The van der Waals surface area contributed by atoms with Crippen molar-refractivity contribution in [3.8, 4) is 0 Å². The molecule has 0 aromatic carbocycles. The van der Waals surface area contributed by atoms with E-state index >= 15 is 0 Å². The van der Waals surface area contributed by atoms with E-state index in [2.05, 4.69) is 31.4 Å². The summed E-state index contributed by atoms with van der Waals surface area (Å²) in [4.78, 5) is 27.2. The summed E-state index contributed by atoms with van der Waals surface area (Å²) in [6.45, 7) is 0. The van der Waals surface area contributed by atoms with Crippen molar-refractivity contribution in [3.63, 3.8) is 0 Å². The fraction of sp³-hybridized carbons (Fsp3) is 0.538. The van der Waals surface area contributed by atoms with E-state index in [4.69, 9.17) is 0 Å². The number of halogens is 1. The van der Waals surface area contributed by atoms with Crippen LogP contribution in [0.25, 0.3) is 0 Å². The molecule has 1 aromatic rings. The Kier molecular flexibility index (Phi) is 3.12. The van der Waals surface area contributed by atoms with Crippen molar-refractivity contribution in [2.75, 3.05) is 5.32 Å². The number of nitroso groups, excluding NO2 is 1.